The maximum absolute atomic E-state index is 11.1. The minimum atomic E-state index is -1.01. The van der Waals surface area contributed by atoms with Crippen LogP contribution in [0.4, 0.5) is 5.69 Å². The normalized spacial score (nSPS) is 13.5. The topological polar surface area (TPSA) is 121 Å². The van der Waals surface area contributed by atoms with Crippen molar-refractivity contribution in [1.82, 2.24) is 0 Å². The highest BCUT2D eigenvalue weighted by molar-refractivity contribution is 5.83. The van der Waals surface area contributed by atoms with Gasteiger partial charge in [-0.1, -0.05) is 6.07 Å². The minimum Gasteiger partial charge on any atom is -0.493 e. The minimum absolute atomic E-state index is 0.0377. The van der Waals surface area contributed by atoms with E-state index in [1.807, 2.05) is 0 Å². The molecule has 1 aromatic carbocycles. The Morgan fingerprint density at radius 2 is 2.10 bits per heavy atom. The Bertz CT molecular complexity index is 529. The molecule has 1 atom stereocenters. The number of nitro benzene ring substituents is 1. The molecule has 1 unspecified atom stereocenters. The number of amides is 1. The monoisotopic (exact) mass is 295 g/mol. The number of hydrogen-bond acceptors (Lipinski definition) is 5. The summed E-state index contributed by atoms with van der Waals surface area (Å²) in [6.45, 7) is 3.65. The van der Waals surface area contributed by atoms with Crippen molar-refractivity contribution in [2.75, 3.05) is 6.61 Å². The molecule has 1 aromatic rings. The molecule has 0 heterocycles. The lowest BCUT2D eigenvalue weighted by atomic mass is 9.96. The second kappa shape index (κ2) is 7.03. The van der Waals surface area contributed by atoms with E-state index in [1.165, 1.54) is 6.07 Å². The van der Waals surface area contributed by atoms with E-state index in [1.54, 1.807) is 26.0 Å². The zero-order valence-corrected chi connectivity index (χ0v) is 12.3. The van der Waals surface area contributed by atoms with Crippen molar-refractivity contribution in [3.8, 4) is 5.75 Å². The Balaban J connectivity index is 2.46. The van der Waals surface area contributed by atoms with Gasteiger partial charge in [0.2, 0.25) is 5.91 Å². The predicted octanol–water partition coefficient (Wildman–Crippen LogP) is 1.66. The van der Waals surface area contributed by atoms with Crippen molar-refractivity contribution in [2.24, 2.45) is 11.5 Å². The molecule has 0 spiro atoms. The molecular formula is C14H21N3O4. The lowest BCUT2D eigenvalue weighted by Crippen LogP contribution is -2.49. The largest absolute Gasteiger partial charge is 0.493 e. The first-order chi connectivity index (χ1) is 9.75. The average Bonchev–Trinajstić information content (AvgIpc) is 2.39. The molecule has 0 aromatic heterocycles. The lowest BCUT2D eigenvalue weighted by molar-refractivity contribution is -0.385. The predicted molar refractivity (Wildman–Crippen MR) is 79.0 cm³/mol. The van der Waals surface area contributed by atoms with Crippen LogP contribution in [0.15, 0.2) is 18.2 Å². The fraction of sp³-hybridized carbons (Fsp3) is 0.500. The van der Waals surface area contributed by atoms with Gasteiger partial charge in [-0.15, -0.1) is 0 Å². The summed E-state index contributed by atoms with van der Waals surface area (Å²) in [7, 11) is 0. The molecule has 1 rings (SSSR count). The number of carbonyl (C=O) groups is 1. The summed E-state index contributed by atoms with van der Waals surface area (Å²) < 4.78 is 5.54. The summed E-state index contributed by atoms with van der Waals surface area (Å²) in [4.78, 5) is 21.4. The number of ether oxygens (including phenoxy) is 1. The molecule has 0 aliphatic rings. The molecule has 21 heavy (non-hydrogen) atoms. The first kappa shape index (κ1) is 16.9. The molecular weight excluding hydrogens is 274 g/mol. The summed E-state index contributed by atoms with van der Waals surface area (Å²) in [5, 5.41) is 10.8. The zero-order chi connectivity index (χ0) is 16.0. The second-order valence-electron chi connectivity index (χ2n) is 5.24. The van der Waals surface area contributed by atoms with Crippen LogP contribution in [0.1, 0.15) is 31.7 Å². The molecule has 7 nitrogen and oxygen atoms in total. The number of nitro groups is 1. The van der Waals surface area contributed by atoms with E-state index in [-0.39, 0.29) is 5.69 Å². The summed E-state index contributed by atoms with van der Waals surface area (Å²) in [5.74, 6) is -0.0347. The average molecular weight is 295 g/mol. The van der Waals surface area contributed by atoms with Gasteiger partial charge in [0.05, 0.1) is 22.6 Å². The van der Waals surface area contributed by atoms with Gasteiger partial charge >= 0.3 is 0 Å². The van der Waals surface area contributed by atoms with E-state index in [4.69, 9.17) is 16.2 Å². The van der Waals surface area contributed by atoms with Gasteiger partial charge < -0.3 is 16.2 Å². The second-order valence-corrected chi connectivity index (χ2v) is 5.24. The molecule has 116 valence electrons. The van der Waals surface area contributed by atoms with Crippen LogP contribution in [0.3, 0.4) is 0 Å². The van der Waals surface area contributed by atoms with Crippen molar-refractivity contribution in [1.29, 1.82) is 0 Å². The number of unbranched alkanes of at least 4 members (excludes halogenated alkanes) is 1. The van der Waals surface area contributed by atoms with Gasteiger partial charge in [0, 0.05) is 6.07 Å². The number of carbonyl (C=O) groups excluding carboxylic acids is 1. The number of rotatable bonds is 8. The molecule has 0 saturated carbocycles. The van der Waals surface area contributed by atoms with Crippen molar-refractivity contribution >= 4 is 11.6 Å². The third-order valence-corrected chi connectivity index (χ3v) is 3.36. The third kappa shape index (κ3) is 4.71. The van der Waals surface area contributed by atoms with Crippen molar-refractivity contribution in [3.05, 3.63) is 33.9 Å². The van der Waals surface area contributed by atoms with Crippen LogP contribution in [0.2, 0.25) is 0 Å². The maximum atomic E-state index is 11.1. The summed E-state index contributed by atoms with van der Waals surface area (Å²) in [6.07, 6.45) is 1.84. The van der Waals surface area contributed by atoms with Crippen LogP contribution in [-0.4, -0.2) is 23.0 Å². The summed E-state index contributed by atoms with van der Waals surface area (Å²) >= 11 is 0. The quantitative estimate of drug-likeness (QED) is 0.429. The Morgan fingerprint density at radius 3 is 2.67 bits per heavy atom. The van der Waals surface area contributed by atoms with Crippen molar-refractivity contribution in [2.45, 2.75) is 38.6 Å². The van der Waals surface area contributed by atoms with E-state index in [9.17, 15) is 14.9 Å². The number of primary amides is 1. The summed E-state index contributed by atoms with van der Waals surface area (Å²) in [6, 6.07) is 4.72. The van der Waals surface area contributed by atoms with E-state index < -0.39 is 16.4 Å². The first-order valence-electron chi connectivity index (χ1n) is 6.71. The molecule has 0 aliphatic heterocycles. The fourth-order valence-electron chi connectivity index (χ4n) is 1.86. The first-order valence-corrected chi connectivity index (χ1v) is 6.71. The number of nitrogens with zero attached hydrogens (tertiary/aromatic N) is 1. The maximum Gasteiger partial charge on any atom is 0.276 e. The van der Waals surface area contributed by atoms with Crippen LogP contribution in [0.5, 0.6) is 5.75 Å². The SMILES string of the molecule is Cc1c(OCCCCC(C)(N)C(N)=O)cccc1[N+](=O)[O-]. The van der Waals surface area contributed by atoms with Gasteiger partial charge in [0.15, 0.2) is 0 Å². The van der Waals surface area contributed by atoms with Gasteiger partial charge in [-0.3, -0.25) is 14.9 Å². The van der Waals surface area contributed by atoms with Gasteiger partial charge in [0.25, 0.3) is 5.69 Å². The van der Waals surface area contributed by atoms with Crippen LogP contribution >= 0.6 is 0 Å². The van der Waals surface area contributed by atoms with Crippen LogP contribution in [0, 0.1) is 17.0 Å². The molecule has 0 bridgehead atoms. The third-order valence-electron chi connectivity index (χ3n) is 3.36. The fourth-order valence-corrected chi connectivity index (χ4v) is 1.86. The highest BCUT2D eigenvalue weighted by atomic mass is 16.6. The van der Waals surface area contributed by atoms with E-state index in [2.05, 4.69) is 0 Å². The Labute approximate surface area is 123 Å². The molecule has 0 saturated heterocycles. The molecule has 0 fully saturated rings. The standard InChI is InChI=1S/C14H21N3O4/c1-10-11(17(19)20)6-5-7-12(10)21-9-4-3-8-14(2,16)13(15)18/h5-7H,3-4,8-9,16H2,1-2H3,(H2,15,18). The van der Waals surface area contributed by atoms with E-state index >= 15 is 0 Å². The molecule has 7 heteroatoms. The van der Waals surface area contributed by atoms with E-state index in [0.29, 0.717) is 37.2 Å². The lowest BCUT2D eigenvalue weighted by Gasteiger charge is -2.20. The van der Waals surface area contributed by atoms with Gasteiger partial charge in [-0.2, -0.15) is 0 Å². The zero-order valence-electron chi connectivity index (χ0n) is 12.3. The summed E-state index contributed by atoms with van der Waals surface area (Å²) in [5.41, 5.74) is 10.5. The highest BCUT2D eigenvalue weighted by Gasteiger charge is 2.24. The number of hydrogen-bond donors (Lipinski definition) is 2. The van der Waals surface area contributed by atoms with Gasteiger partial charge in [-0.05, 0) is 39.2 Å². The van der Waals surface area contributed by atoms with E-state index in [0.717, 1.165) is 0 Å². The number of nitrogens with two attached hydrogens (primary N) is 2. The number of benzene rings is 1. The Kier molecular flexibility index (Phi) is 5.66. The van der Waals surface area contributed by atoms with Crippen LogP contribution < -0.4 is 16.2 Å². The molecule has 0 radical (unpaired) electrons. The molecule has 4 N–H and O–H groups in total. The van der Waals surface area contributed by atoms with Crippen LogP contribution in [0.25, 0.3) is 0 Å². The van der Waals surface area contributed by atoms with Crippen molar-refractivity contribution < 1.29 is 14.5 Å². The Morgan fingerprint density at radius 1 is 1.43 bits per heavy atom. The van der Waals surface area contributed by atoms with Gasteiger partial charge in [-0.25, -0.2) is 0 Å². The van der Waals surface area contributed by atoms with Crippen LogP contribution in [-0.2, 0) is 4.79 Å². The molecule has 0 aliphatic carbocycles. The van der Waals surface area contributed by atoms with Gasteiger partial charge in [0.1, 0.15) is 5.75 Å². The Hall–Kier alpha value is -2.15. The van der Waals surface area contributed by atoms with Crippen molar-refractivity contribution in [3.63, 3.8) is 0 Å². The molecule has 1 amide bonds. The highest BCUT2D eigenvalue weighted by Crippen LogP contribution is 2.27. The smallest absolute Gasteiger partial charge is 0.276 e.